The highest BCUT2D eigenvalue weighted by molar-refractivity contribution is 5.91. The summed E-state index contributed by atoms with van der Waals surface area (Å²) in [5.74, 6) is 0.610. The van der Waals surface area contributed by atoms with Gasteiger partial charge < -0.3 is 16.2 Å². The van der Waals surface area contributed by atoms with E-state index in [4.69, 9.17) is 16.2 Å². The van der Waals surface area contributed by atoms with Crippen molar-refractivity contribution in [3.63, 3.8) is 0 Å². The number of benzene rings is 2. The molecule has 0 radical (unpaired) electrons. The van der Waals surface area contributed by atoms with Crippen LogP contribution in [0, 0.1) is 6.92 Å². The van der Waals surface area contributed by atoms with Crippen LogP contribution in [-0.4, -0.2) is 34.1 Å². The Morgan fingerprint density at radius 3 is 2.54 bits per heavy atom. The van der Waals surface area contributed by atoms with E-state index in [9.17, 15) is 0 Å². The SMILES string of the molecule is Cc1ccccc1CN1CCC(OCc2cccc3nc(N)nc(N)c23)CC1. The predicted molar refractivity (Wildman–Crippen MR) is 113 cm³/mol. The van der Waals surface area contributed by atoms with Gasteiger partial charge in [-0.3, -0.25) is 4.90 Å². The fraction of sp³-hybridized carbons (Fsp3) is 0.364. The molecule has 0 unspecified atom stereocenters. The number of aromatic nitrogens is 2. The first-order chi connectivity index (χ1) is 13.6. The number of anilines is 2. The summed E-state index contributed by atoms with van der Waals surface area (Å²) in [4.78, 5) is 10.9. The lowest BCUT2D eigenvalue weighted by Crippen LogP contribution is -2.36. The Kier molecular flexibility index (Phi) is 5.41. The minimum Gasteiger partial charge on any atom is -0.383 e. The van der Waals surface area contributed by atoms with Gasteiger partial charge in [0.1, 0.15) is 5.82 Å². The van der Waals surface area contributed by atoms with Crippen LogP contribution in [0.2, 0.25) is 0 Å². The first kappa shape index (κ1) is 18.7. The number of rotatable bonds is 5. The summed E-state index contributed by atoms with van der Waals surface area (Å²) < 4.78 is 6.22. The molecule has 1 aliphatic heterocycles. The van der Waals surface area contributed by atoms with Gasteiger partial charge in [0.15, 0.2) is 0 Å². The van der Waals surface area contributed by atoms with Crippen molar-refractivity contribution in [2.75, 3.05) is 24.6 Å². The van der Waals surface area contributed by atoms with Crippen LogP contribution >= 0.6 is 0 Å². The van der Waals surface area contributed by atoms with E-state index < -0.39 is 0 Å². The second-order valence-electron chi connectivity index (χ2n) is 7.49. The number of fused-ring (bicyclic) bond motifs is 1. The minimum atomic E-state index is 0.198. The first-order valence-electron chi connectivity index (χ1n) is 9.79. The molecule has 0 amide bonds. The molecule has 146 valence electrons. The maximum absolute atomic E-state index is 6.22. The zero-order valence-corrected chi connectivity index (χ0v) is 16.3. The number of nitrogen functional groups attached to an aromatic ring is 2. The molecule has 4 rings (SSSR count). The Bertz CT molecular complexity index is 966. The Balaban J connectivity index is 1.35. The van der Waals surface area contributed by atoms with Crippen LogP contribution in [0.4, 0.5) is 11.8 Å². The monoisotopic (exact) mass is 377 g/mol. The maximum Gasteiger partial charge on any atom is 0.222 e. The minimum absolute atomic E-state index is 0.198. The van der Waals surface area contributed by atoms with Crippen molar-refractivity contribution < 1.29 is 4.74 Å². The summed E-state index contributed by atoms with van der Waals surface area (Å²) in [6, 6.07) is 14.5. The van der Waals surface area contributed by atoms with Crippen LogP contribution in [0.3, 0.4) is 0 Å². The summed E-state index contributed by atoms with van der Waals surface area (Å²) >= 11 is 0. The molecule has 2 aromatic carbocycles. The van der Waals surface area contributed by atoms with Crippen LogP contribution in [-0.2, 0) is 17.9 Å². The highest BCUT2D eigenvalue weighted by atomic mass is 16.5. The van der Waals surface area contributed by atoms with E-state index in [0.717, 1.165) is 48.9 Å². The van der Waals surface area contributed by atoms with E-state index in [0.29, 0.717) is 12.4 Å². The van der Waals surface area contributed by atoms with Crippen LogP contribution in [0.25, 0.3) is 10.9 Å². The van der Waals surface area contributed by atoms with Gasteiger partial charge in [0, 0.05) is 25.0 Å². The molecule has 3 aromatic rings. The van der Waals surface area contributed by atoms with E-state index >= 15 is 0 Å². The summed E-state index contributed by atoms with van der Waals surface area (Å²) in [6.45, 7) is 5.81. The van der Waals surface area contributed by atoms with Crippen molar-refractivity contribution in [1.29, 1.82) is 0 Å². The molecule has 0 bridgehead atoms. The molecule has 0 aliphatic carbocycles. The zero-order valence-electron chi connectivity index (χ0n) is 16.3. The average molecular weight is 377 g/mol. The summed E-state index contributed by atoms with van der Waals surface area (Å²) in [5, 5.41) is 0.841. The van der Waals surface area contributed by atoms with Crippen molar-refractivity contribution in [3.05, 3.63) is 59.2 Å². The zero-order chi connectivity index (χ0) is 19.5. The van der Waals surface area contributed by atoms with Crippen molar-refractivity contribution in [2.45, 2.75) is 39.0 Å². The molecular formula is C22H27N5O. The van der Waals surface area contributed by atoms with E-state index in [2.05, 4.69) is 46.1 Å². The molecule has 1 aromatic heterocycles. The molecule has 0 spiro atoms. The Morgan fingerprint density at radius 2 is 1.75 bits per heavy atom. The lowest BCUT2D eigenvalue weighted by molar-refractivity contribution is -0.00352. The predicted octanol–water partition coefficient (Wildman–Crippen LogP) is 3.28. The molecule has 28 heavy (non-hydrogen) atoms. The molecule has 6 nitrogen and oxygen atoms in total. The largest absolute Gasteiger partial charge is 0.383 e. The average Bonchev–Trinajstić information content (AvgIpc) is 2.69. The summed E-state index contributed by atoms with van der Waals surface area (Å²) in [5.41, 5.74) is 16.3. The van der Waals surface area contributed by atoms with Crippen molar-refractivity contribution in [3.8, 4) is 0 Å². The van der Waals surface area contributed by atoms with Crippen LogP contribution in [0.5, 0.6) is 0 Å². The second-order valence-corrected chi connectivity index (χ2v) is 7.49. The van der Waals surface area contributed by atoms with Crippen LogP contribution < -0.4 is 11.5 Å². The number of hydrogen-bond donors (Lipinski definition) is 2. The molecule has 1 fully saturated rings. The smallest absolute Gasteiger partial charge is 0.222 e. The van der Waals surface area contributed by atoms with E-state index in [1.807, 2.05) is 18.2 Å². The molecule has 0 atom stereocenters. The Hall–Kier alpha value is -2.70. The van der Waals surface area contributed by atoms with Gasteiger partial charge in [-0.25, -0.2) is 4.98 Å². The van der Waals surface area contributed by atoms with Crippen LogP contribution in [0.15, 0.2) is 42.5 Å². The van der Waals surface area contributed by atoms with Gasteiger partial charge in [0.25, 0.3) is 0 Å². The third-order valence-corrected chi connectivity index (χ3v) is 5.52. The molecule has 1 aliphatic rings. The first-order valence-corrected chi connectivity index (χ1v) is 9.79. The summed E-state index contributed by atoms with van der Waals surface area (Å²) in [7, 11) is 0. The molecule has 2 heterocycles. The lowest BCUT2D eigenvalue weighted by atomic mass is 10.0. The van der Waals surface area contributed by atoms with Gasteiger partial charge in [0.2, 0.25) is 5.95 Å². The normalized spacial score (nSPS) is 15.9. The molecule has 0 saturated carbocycles. The third kappa shape index (κ3) is 4.08. The Morgan fingerprint density at radius 1 is 1.00 bits per heavy atom. The van der Waals surface area contributed by atoms with Gasteiger partial charge in [-0.05, 0) is 42.5 Å². The highest BCUT2D eigenvalue weighted by Crippen LogP contribution is 2.25. The van der Waals surface area contributed by atoms with Crippen molar-refractivity contribution in [2.24, 2.45) is 0 Å². The van der Waals surface area contributed by atoms with Gasteiger partial charge in [-0.2, -0.15) is 4.98 Å². The number of nitrogens with two attached hydrogens (primary N) is 2. The van der Waals surface area contributed by atoms with E-state index in [1.165, 1.54) is 11.1 Å². The molecule has 4 N–H and O–H groups in total. The third-order valence-electron chi connectivity index (χ3n) is 5.52. The lowest BCUT2D eigenvalue weighted by Gasteiger charge is -2.32. The van der Waals surface area contributed by atoms with E-state index in [1.54, 1.807) is 0 Å². The molecule has 1 saturated heterocycles. The topological polar surface area (TPSA) is 90.3 Å². The van der Waals surface area contributed by atoms with Gasteiger partial charge >= 0.3 is 0 Å². The molecular weight excluding hydrogens is 350 g/mol. The maximum atomic E-state index is 6.22. The van der Waals surface area contributed by atoms with Crippen molar-refractivity contribution in [1.82, 2.24) is 14.9 Å². The number of piperidine rings is 1. The number of likely N-dealkylation sites (tertiary alicyclic amines) is 1. The highest BCUT2D eigenvalue weighted by Gasteiger charge is 2.20. The van der Waals surface area contributed by atoms with Crippen LogP contribution in [0.1, 0.15) is 29.5 Å². The number of ether oxygens (including phenoxy) is 1. The van der Waals surface area contributed by atoms with Gasteiger partial charge in [-0.15, -0.1) is 0 Å². The standard InChI is InChI=1S/C22H27N5O/c1-15-5-2-3-6-16(15)13-27-11-9-18(10-12-27)28-14-17-7-4-8-19-20(17)21(23)26-22(24)25-19/h2-8,18H,9-14H2,1H3,(H4,23,24,25,26). The van der Waals surface area contributed by atoms with Gasteiger partial charge in [-0.1, -0.05) is 36.4 Å². The number of hydrogen-bond acceptors (Lipinski definition) is 6. The second kappa shape index (κ2) is 8.12. The quantitative estimate of drug-likeness (QED) is 0.709. The fourth-order valence-corrected chi connectivity index (χ4v) is 3.89. The molecule has 6 heteroatoms. The summed E-state index contributed by atoms with van der Waals surface area (Å²) in [6.07, 6.45) is 2.34. The van der Waals surface area contributed by atoms with E-state index in [-0.39, 0.29) is 12.1 Å². The number of aryl methyl sites for hydroxylation is 1. The van der Waals surface area contributed by atoms with Gasteiger partial charge in [0.05, 0.1) is 18.2 Å². The number of nitrogens with zero attached hydrogens (tertiary/aromatic N) is 3. The Labute approximate surface area is 165 Å². The fourth-order valence-electron chi connectivity index (χ4n) is 3.89. The van der Waals surface area contributed by atoms with Crippen molar-refractivity contribution >= 4 is 22.7 Å².